The zero-order chi connectivity index (χ0) is 13.0. The highest BCUT2D eigenvalue weighted by Gasteiger charge is 2.18. The standard InChI is InChI=1S/C14H15FN2S/c1-18-13-9-5-3-7-11(13)14(17-16)10-6-2-4-8-12(10)15/h2-9,14,17H,16H2,1H3. The largest absolute Gasteiger partial charge is 0.271 e. The van der Waals surface area contributed by atoms with Crippen LogP contribution in [0.4, 0.5) is 4.39 Å². The van der Waals surface area contributed by atoms with E-state index in [1.54, 1.807) is 23.9 Å². The first-order chi connectivity index (χ1) is 8.77. The van der Waals surface area contributed by atoms with Crippen molar-refractivity contribution in [3.8, 4) is 0 Å². The van der Waals surface area contributed by atoms with E-state index in [2.05, 4.69) is 5.43 Å². The van der Waals surface area contributed by atoms with Crippen molar-refractivity contribution in [3.05, 3.63) is 65.5 Å². The Morgan fingerprint density at radius 2 is 1.67 bits per heavy atom. The maximum Gasteiger partial charge on any atom is 0.128 e. The Balaban J connectivity index is 2.49. The molecular formula is C14H15FN2S. The van der Waals surface area contributed by atoms with Crippen LogP contribution in [0, 0.1) is 5.82 Å². The van der Waals surface area contributed by atoms with Crippen molar-refractivity contribution in [2.24, 2.45) is 5.84 Å². The number of nitrogens with one attached hydrogen (secondary N) is 1. The predicted octanol–water partition coefficient (Wildman–Crippen LogP) is 3.10. The Kier molecular flexibility index (Phi) is 4.36. The predicted molar refractivity (Wildman–Crippen MR) is 73.8 cm³/mol. The van der Waals surface area contributed by atoms with Gasteiger partial charge in [-0.3, -0.25) is 5.84 Å². The van der Waals surface area contributed by atoms with Crippen molar-refractivity contribution < 1.29 is 4.39 Å². The molecule has 0 bridgehead atoms. The van der Waals surface area contributed by atoms with Crippen LogP contribution >= 0.6 is 11.8 Å². The third-order valence-electron chi connectivity index (χ3n) is 2.83. The van der Waals surface area contributed by atoms with E-state index in [-0.39, 0.29) is 11.9 Å². The van der Waals surface area contributed by atoms with Crippen LogP contribution in [0.15, 0.2) is 53.4 Å². The molecule has 0 aliphatic heterocycles. The molecule has 2 aromatic carbocycles. The van der Waals surface area contributed by atoms with Gasteiger partial charge >= 0.3 is 0 Å². The molecule has 2 aromatic rings. The topological polar surface area (TPSA) is 38.0 Å². The molecule has 0 amide bonds. The van der Waals surface area contributed by atoms with Crippen molar-refractivity contribution in [1.82, 2.24) is 5.43 Å². The molecule has 0 aromatic heterocycles. The summed E-state index contributed by atoms with van der Waals surface area (Å²) >= 11 is 1.62. The Bertz CT molecular complexity index is 531. The third kappa shape index (κ3) is 2.56. The van der Waals surface area contributed by atoms with Gasteiger partial charge in [0.15, 0.2) is 0 Å². The summed E-state index contributed by atoms with van der Waals surface area (Å²) in [7, 11) is 0. The molecule has 2 nitrogen and oxygen atoms in total. The summed E-state index contributed by atoms with van der Waals surface area (Å²) in [6.45, 7) is 0. The smallest absolute Gasteiger partial charge is 0.128 e. The summed E-state index contributed by atoms with van der Waals surface area (Å²) in [5, 5.41) is 0. The zero-order valence-electron chi connectivity index (χ0n) is 10.1. The monoisotopic (exact) mass is 262 g/mol. The lowest BCUT2D eigenvalue weighted by molar-refractivity contribution is 0.556. The number of rotatable bonds is 4. The van der Waals surface area contributed by atoms with Gasteiger partial charge in [0.05, 0.1) is 6.04 Å². The zero-order valence-corrected chi connectivity index (χ0v) is 10.9. The number of thioether (sulfide) groups is 1. The van der Waals surface area contributed by atoms with Crippen molar-refractivity contribution in [1.29, 1.82) is 0 Å². The molecule has 2 rings (SSSR count). The summed E-state index contributed by atoms with van der Waals surface area (Å²) in [6.07, 6.45) is 1.99. The third-order valence-corrected chi connectivity index (χ3v) is 3.64. The number of benzene rings is 2. The van der Waals surface area contributed by atoms with Crippen LogP contribution in [0.1, 0.15) is 17.2 Å². The first-order valence-corrected chi connectivity index (χ1v) is 6.84. The summed E-state index contributed by atoms with van der Waals surface area (Å²) in [6, 6.07) is 14.2. The lowest BCUT2D eigenvalue weighted by Crippen LogP contribution is -2.29. The average Bonchev–Trinajstić information content (AvgIpc) is 2.42. The van der Waals surface area contributed by atoms with Crippen molar-refractivity contribution in [3.63, 3.8) is 0 Å². The maximum atomic E-state index is 13.8. The van der Waals surface area contributed by atoms with Gasteiger partial charge in [0, 0.05) is 10.5 Å². The number of halogens is 1. The molecule has 18 heavy (non-hydrogen) atoms. The van der Waals surface area contributed by atoms with E-state index < -0.39 is 0 Å². The fourth-order valence-corrected chi connectivity index (χ4v) is 2.60. The van der Waals surface area contributed by atoms with Crippen LogP contribution in [-0.4, -0.2) is 6.26 Å². The maximum absolute atomic E-state index is 13.8. The SMILES string of the molecule is CSc1ccccc1C(NN)c1ccccc1F. The van der Waals surface area contributed by atoms with Gasteiger partial charge < -0.3 is 0 Å². The van der Waals surface area contributed by atoms with E-state index in [1.807, 2.05) is 36.6 Å². The molecule has 4 heteroatoms. The van der Waals surface area contributed by atoms with Gasteiger partial charge in [-0.1, -0.05) is 36.4 Å². The van der Waals surface area contributed by atoms with Crippen LogP contribution < -0.4 is 11.3 Å². The molecule has 1 atom stereocenters. The van der Waals surface area contributed by atoms with Crippen molar-refractivity contribution >= 4 is 11.8 Å². The van der Waals surface area contributed by atoms with Gasteiger partial charge in [0.1, 0.15) is 5.82 Å². The molecular weight excluding hydrogens is 247 g/mol. The fraction of sp³-hybridized carbons (Fsp3) is 0.143. The van der Waals surface area contributed by atoms with Crippen LogP contribution in [0.2, 0.25) is 0 Å². The lowest BCUT2D eigenvalue weighted by Gasteiger charge is -2.19. The Labute approximate surface area is 110 Å². The number of hydrogen-bond donors (Lipinski definition) is 2. The Hall–Kier alpha value is -1.36. The normalized spacial score (nSPS) is 12.4. The van der Waals surface area contributed by atoms with E-state index in [1.165, 1.54) is 6.07 Å². The van der Waals surface area contributed by atoms with Gasteiger partial charge in [-0.2, -0.15) is 0 Å². The van der Waals surface area contributed by atoms with Crippen LogP contribution in [0.25, 0.3) is 0 Å². The summed E-state index contributed by atoms with van der Waals surface area (Å²) in [5.41, 5.74) is 4.24. The second-order valence-corrected chi connectivity index (χ2v) is 4.71. The molecule has 0 radical (unpaired) electrons. The highest BCUT2D eigenvalue weighted by molar-refractivity contribution is 7.98. The van der Waals surface area contributed by atoms with Gasteiger partial charge in [-0.05, 0) is 24.0 Å². The Morgan fingerprint density at radius 3 is 2.28 bits per heavy atom. The molecule has 0 saturated carbocycles. The van der Waals surface area contributed by atoms with E-state index in [4.69, 9.17) is 5.84 Å². The fourth-order valence-electron chi connectivity index (χ4n) is 1.96. The molecule has 0 aliphatic carbocycles. The van der Waals surface area contributed by atoms with E-state index in [9.17, 15) is 4.39 Å². The summed E-state index contributed by atoms with van der Waals surface area (Å²) in [4.78, 5) is 1.09. The average molecular weight is 262 g/mol. The molecule has 3 N–H and O–H groups in total. The first kappa shape index (κ1) is 13.1. The van der Waals surface area contributed by atoms with E-state index in [0.717, 1.165) is 10.5 Å². The van der Waals surface area contributed by atoms with E-state index in [0.29, 0.717) is 5.56 Å². The summed E-state index contributed by atoms with van der Waals surface area (Å²) < 4.78 is 13.8. The highest BCUT2D eigenvalue weighted by Crippen LogP contribution is 2.30. The highest BCUT2D eigenvalue weighted by atomic mass is 32.2. The van der Waals surface area contributed by atoms with Crippen LogP contribution in [0.5, 0.6) is 0 Å². The Morgan fingerprint density at radius 1 is 1.06 bits per heavy atom. The van der Waals surface area contributed by atoms with Gasteiger partial charge in [-0.25, -0.2) is 9.82 Å². The first-order valence-electron chi connectivity index (χ1n) is 5.61. The quantitative estimate of drug-likeness (QED) is 0.505. The second kappa shape index (κ2) is 6.00. The van der Waals surface area contributed by atoms with E-state index >= 15 is 0 Å². The minimum atomic E-state index is -0.338. The minimum Gasteiger partial charge on any atom is -0.271 e. The molecule has 94 valence electrons. The van der Waals surface area contributed by atoms with Gasteiger partial charge in [-0.15, -0.1) is 11.8 Å². The second-order valence-electron chi connectivity index (χ2n) is 3.86. The lowest BCUT2D eigenvalue weighted by atomic mass is 9.99. The summed E-state index contributed by atoms with van der Waals surface area (Å²) in [5.74, 6) is 5.35. The molecule has 0 heterocycles. The molecule has 0 aliphatic rings. The number of nitrogens with two attached hydrogens (primary N) is 1. The van der Waals surface area contributed by atoms with Crippen LogP contribution in [0.3, 0.4) is 0 Å². The molecule has 0 saturated heterocycles. The van der Waals surface area contributed by atoms with Crippen LogP contribution in [-0.2, 0) is 0 Å². The van der Waals surface area contributed by atoms with Gasteiger partial charge in [0.25, 0.3) is 0 Å². The number of hydrogen-bond acceptors (Lipinski definition) is 3. The molecule has 1 unspecified atom stereocenters. The molecule has 0 spiro atoms. The molecule has 0 fully saturated rings. The number of hydrazine groups is 1. The van der Waals surface area contributed by atoms with Crippen molar-refractivity contribution in [2.45, 2.75) is 10.9 Å². The minimum absolute atomic E-state index is 0.253. The van der Waals surface area contributed by atoms with Crippen molar-refractivity contribution in [2.75, 3.05) is 6.26 Å². The van der Waals surface area contributed by atoms with Gasteiger partial charge in [0.2, 0.25) is 0 Å².